The van der Waals surface area contributed by atoms with Crippen molar-refractivity contribution < 1.29 is 39.8 Å². The predicted octanol–water partition coefficient (Wildman–Crippen LogP) is 3.40. The Morgan fingerprint density at radius 1 is 1.08 bits per heavy atom. The minimum atomic E-state index is -5.05. The van der Waals surface area contributed by atoms with E-state index in [2.05, 4.69) is 8.92 Å². The second-order valence-electron chi connectivity index (χ2n) is 4.43. The minimum Gasteiger partial charge on any atom is -0.406 e. The van der Waals surface area contributed by atoms with Gasteiger partial charge in [-0.3, -0.25) is 10.1 Å². The normalized spacial score (nSPS) is 11.8. The van der Waals surface area contributed by atoms with E-state index < -0.39 is 49.3 Å². The maximum atomic E-state index is 13.2. The molecule has 0 fully saturated rings. The zero-order chi connectivity index (χ0) is 18.8. The summed E-state index contributed by atoms with van der Waals surface area (Å²) in [7, 11) is -4.78. The maximum Gasteiger partial charge on any atom is 0.573 e. The van der Waals surface area contributed by atoms with Crippen LogP contribution in [0.5, 0.6) is 11.5 Å². The van der Waals surface area contributed by atoms with Crippen molar-refractivity contribution in [1.29, 1.82) is 0 Å². The monoisotopic (exact) mass is 381 g/mol. The number of alkyl halides is 3. The number of ether oxygens (including phenoxy) is 1. The second kappa shape index (κ2) is 6.55. The number of hydrogen-bond acceptors (Lipinski definition) is 6. The van der Waals surface area contributed by atoms with E-state index in [1.54, 1.807) is 0 Å². The van der Waals surface area contributed by atoms with Gasteiger partial charge in [-0.15, -0.1) is 13.2 Å². The molecule has 2 aromatic rings. The molecule has 0 unspecified atom stereocenters. The van der Waals surface area contributed by atoms with Gasteiger partial charge in [0.25, 0.3) is 0 Å². The molecule has 0 saturated heterocycles. The lowest BCUT2D eigenvalue weighted by molar-refractivity contribution is -0.385. The van der Waals surface area contributed by atoms with Gasteiger partial charge in [-0.1, -0.05) is 6.07 Å². The number of benzene rings is 2. The summed E-state index contributed by atoms with van der Waals surface area (Å²) in [5.74, 6) is -2.77. The van der Waals surface area contributed by atoms with E-state index in [0.29, 0.717) is 18.2 Å². The maximum absolute atomic E-state index is 13.2. The van der Waals surface area contributed by atoms with Gasteiger partial charge >= 0.3 is 22.2 Å². The van der Waals surface area contributed by atoms with Crippen LogP contribution in [0.4, 0.5) is 23.2 Å². The van der Waals surface area contributed by atoms with Crippen molar-refractivity contribution in [3.05, 3.63) is 58.4 Å². The van der Waals surface area contributed by atoms with E-state index in [4.69, 9.17) is 0 Å². The van der Waals surface area contributed by atoms with Gasteiger partial charge in [0.2, 0.25) is 5.75 Å². The molecule has 2 rings (SSSR count). The van der Waals surface area contributed by atoms with Crippen molar-refractivity contribution in [3.8, 4) is 11.5 Å². The first-order chi connectivity index (χ1) is 11.5. The standard InChI is InChI=1S/C13H7F4NO6S/c14-8-4-5-11(18(19)20)12(6-8)24-25(21,22)10-3-1-2-9(7-10)23-13(15,16)17/h1-7H. The molecule has 0 N–H and O–H groups in total. The average Bonchev–Trinajstić information content (AvgIpc) is 2.45. The molecule has 0 aliphatic carbocycles. The molecule has 0 amide bonds. The molecule has 0 aliphatic heterocycles. The van der Waals surface area contributed by atoms with Gasteiger partial charge in [0, 0.05) is 18.2 Å². The Bertz CT molecular complexity index is 913. The summed E-state index contributed by atoms with van der Waals surface area (Å²) in [5.41, 5.74) is -0.840. The SMILES string of the molecule is O=[N+]([O-])c1ccc(F)cc1OS(=O)(=O)c1cccc(OC(F)(F)F)c1. The van der Waals surface area contributed by atoms with Gasteiger partial charge in [-0.2, -0.15) is 8.42 Å². The van der Waals surface area contributed by atoms with Crippen molar-refractivity contribution in [2.45, 2.75) is 11.3 Å². The quantitative estimate of drug-likeness (QED) is 0.341. The van der Waals surface area contributed by atoms with E-state index >= 15 is 0 Å². The predicted molar refractivity (Wildman–Crippen MR) is 74.0 cm³/mol. The lowest BCUT2D eigenvalue weighted by atomic mass is 10.3. The van der Waals surface area contributed by atoms with Crippen molar-refractivity contribution in [1.82, 2.24) is 0 Å². The molecular weight excluding hydrogens is 374 g/mol. The van der Waals surface area contributed by atoms with E-state index in [1.165, 1.54) is 0 Å². The third-order valence-corrected chi connectivity index (χ3v) is 3.88. The zero-order valence-corrected chi connectivity index (χ0v) is 12.7. The Kier molecular flexibility index (Phi) is 4.83. The first-order valence-electron chi connectivity index (χ1n) is 6.22. The summed E-state index contributed by atoms with van der Waals surface area (Å²) in [6.45, 7) is 0. The molecule has 7 nitrogen and oxygen atoms in total. The van der Waals surface area contributed by atoms with Crippen molar-refractivity contribution in [3.63, 3.8) is 0 Å². The molecule has 2 aromatic carbocycles. The first-order valence-corrected chi connectivity index (χ1v) is 7.63. The summed E-state index contributed by atoms with van der Waals surface area (Å²) in [6, 6.07) is 5.04. The van der Waals surface area contributed by atoms with Gasteiger partial charge in [0.15, 0.2) is 0 Å². The van der Waals surface area contributed by atoms with Gasteiger partial charge in [-0.25, -0.2) is 4.39 Å². The number of halogens is 4. The Labute approximate surface area is 137 Å². The summed E-state index contributed by atoms with van der Waals surface area (Å²) in [4.78, 5) is 9.05. The van der Waals surface area contributed by atoms with Gasteiger partial charge in [0.1, 0.15) is 16.5 Å². The minimum absolute atomic E-state index is 0.464. The van der Waals surface area contributed by atoms with Crippen LogP contribution < -0.4 is 8.92 Å². The third kappa shape index (κ3) is 4.79. The Hall–Kier alpha value is -2.89. The molecule has 0 saturated carbocycles. The number of rotatable bonds is 5. The number of nitro benzene ring substituents is 1. The van der Waals surface area contributed by atoms with E-state index in [9.17, 15) is 36.1 Å². The van der Waals surface area contributed by atoms with Crippen LogP contribution in [0.1, 0.15) is 0 Å². The topological polar surface area (TPSA) is 95.7 Å². The molecule has 0 heterocycles. The van der Waals surface area contributed by atoms with Crippen LogP contribution in [-0.2, 0) is 10.1 Å². The lowest BCUT2D eigenvalue weighted by Gasteiger charge is -2.11. The molecular formula is C13H7F4NO6S. The largest absolute Gasteiger partial charge is 0.573 e. The molecule has 25 heavy (non-hydrogen) atoms. The molecule has 0 radical (unpaired) electrons. The Morgan fingerprint density at radius 3 is 2.36 bits per heavy atom. The molecule has 0 bridgehead atoms. The highest BCUT2D eigenvalue weighted by atomic mass is 32.2. The summed E-state index contributed by atoms with van der Waals surface area (Å²) >= 11 is 0. The highest BCUT2D eigenvalue weighted by molar-refractivity contribution is 7.87. The third-order valence-electron chi connectivity index (χ3n) is 2.65. The molecule has 0 aromatic heterocycles. The number of nitro groups is 1. The molecule has 12 heteroatoms. The van der Waals surface area contributed by atoms with Crippen LogP contribution in [0.15, 0.2) is 47.4 Å². The van der Waals surface area contributed by atoms with Crippen molar-refractivity contribution >= 4 is 15.8 Å². The van der Waals surface area contributed by atoms with E-state index in [-0.39, 0.29) is 0 Å². The fourth-order valence-electron chi connectivity index (χ4n) is 1.70. The van der Waals surface area contributed by atoms with Crippen LogP contribution in [0.2, 0.25) is 0 Å². The summed E-state index contributed by atoms with van der Waals surface area (Å²) in [6.07, 6.45) is -5.05. The van der Waals surface area contributed by atoms with E-state index in [1.807, 2.05) is 0 Å². The molecule has 0 spiro atoms. The number of nitrogens with zero attached hydrogens (tertiary/aromatic N) is 1. The molecule has 0 atom stereocenters. The van der Waals surface area contributed by atoms with Crippen LogP contribution in [0.3, 0.4) is 0 Å². The van der Waals surface area contributed by atoms with Crippen LogP contribution >= 0.6 is 0 Å². The summed E-state index contributed by atoms with van der Waals surface area (Å²) in [5, 5.41) is 10.8. The van der Waals surface area contributed by atoms with Gasteiger partial charge in [0.05, 0.1) is 4.92 Å². The number of hydrogen-bond donors (Lipinski definition) is 0. The smallest absolute Gasteiger partial charge is 0.406 e. The average molecular weight is 381 g/mol. The van der Waals surface area contributed by atoms with Crippen LogP contribution in [-0.4, -0.2) is 19.7 Å². The van der Waals surface area contributed by atoms with Gasteiger partial charge in [-0.05, 0) is 18.2 Å². The first kappa shape index (κ1) is 18.4. The van der Waals surface area contributed by atoms with Crippen molar-refractivity contribution in [2.75, 3.05) is 0 Å². The summed E-state index contributed by atoms with van der Waals surface area (Å²) < 4.78 is 82.0. The van der Waals surface area contributed by atoms with Crippen LogP contribution in [0, 0.1) is 15.9 Å². The molecule has 134 valence electrons. The Balaban J connectivity index is 2.39. The molecule has 0 aliphatic rings. The van der Waals surface area contributed by atoms with Crippen molar-refractivity contribution in [2.24, 2.45) is 0 Å². The highest BCUT2D eigenvalue weighted by Crippen LogP contribution is 2.31. The van der Waals surface area contributed by atoms with Gasteiger partial charge < -0.3 is 8.92 Å². The highest BCUT2D eigenvalue weighted by Gasteiger charge is 2.32. The fraction of sp³-hybridized carbons (Fsp3) is 0.0769. The second-order valence-corrected chi connectivity index (χ2v) is 5.98. The fourth-order valence-corrected chi connectivity index (χ4v) is 2.67. The van der Waals surface area contributed by atoms with Crippen LogP contribution in [0.25, 0.3) is 0 Å². The zero-order valence-electron chi connectivity index (χ0n) is 11.9. The Morgan fingerprint density at radius 2 is 1.76 bits per heavy atom. The lowest BCUT2D eigenvalue weighted by Crippen LogP contribution is -2.17. The van der Waals surface area contributed by atoms with E-state index in [0.717, 1.165) is 24.3 Å².